The molecule has 6 nitrogen and oxygen atoms in total. The molecule has 0 aromatic heterocycles. The van der Waals surface area contributed by atoms with E-state index in [1.807, 2.05) is 0 Å². The van der Waals surface area contributed by atoms with Gasteiger partial charge in [0.25, 0.3) is 0 Å². The minimum atomic E-state index is -0.249. The normalized spacial score (nSPS) is 23.2. The van der Waals surface area contributed by atoms with Crippen molar-refractivity contribution in [3.63, 3.8) is 0 Å². The Kier molecular flexibility index (Phi) is 6.76. The van der Waals surface area contributed by atoms with Gasteiger partial charge in [-0.2, -0.15) is 0 Å². The van der Waals surface area contributed by atoms with Gasteiger partial charge in [0.2, 0.25) is 0 Å². The van der Waals surface area contributed by atoms with E-state index in [1.54, 1.807) is 14.2 Å². The van der Waals surface area contributed by atoms with Crippen LogP contribution in [0.2, 0.25) is 0 Å². The van der Waals surface area contributed by atoms with Gasteiger partial charge in [-0.3, -0.25) is 0 Å². The quantitative estimate of drug-likeness (QED) is 0.721. The highest BCUT2D eigenvalue weighted by Gasteiger charge is 2.43. The van der Waals surface area contributed by atoms with Crippen molar-refractivity contribution in [1.82, 2.24) is 14.7 Å². The van der Waals surface area contributed by atoms with Crippen LogP contribution in [0.4, 0.5) is 0 Å². The molecule has 2 unspecified atom stereocenters. The van der Waals surface area contributed by atoms with E-state index in [4.69, 9.17) is 15.2 Å². The average molecular weight is 403 g/mol. The molecule has 0 amide bonds. The van der Waals surface area contributed by atoms with Gasteiger partial charge in [-0.05, 0) is 70.8 Å². The summed E-state index contributed by atoms with van der Waals surface area (Å²) in [6, 6.07) is 4.39. The zero-order valence-electron chi connectivity index (χ0n) is 19.2. The number of aryl methyl sites for hydroxylation is 2. The lowest BCUT2D eigenvalue weighted by Gasteiger charge is -2.50. The van der Waals surface area contributed by atoms with Gasteiger partial charge in [0.1, 0.15) is 11.9 Å². The first-order chi connectivity index (χ1) is 13.8. The first kappa shape index (κ1) is 21.9. The van der Waals surface area contributed by atoms with Crippen molar-refractivity contribution >= 4 is 0 Å². The second kappa shape index (κ2) is 8.94. The Labute approximate surface area is 176 Å². The SMILES string of the molecule is COc1cc(C)cc(C)c1C1N(CC2CC2)C(C)=C(N)C(OC)N1CCN(C)C. The predicted molar refractivity (Wildman–Crippen MR) is 118 cm³/mol. The van der Waals surface area contributed by atoms with E-state index in [-0.39, 0.29) is 12.4 Å². The molecule has 1 aromatic rings. The molecule has 1 heterocycles. The second-order valence-electron chi connectivity index (χ2n) is 8.84. The van der Waals surface area contributed by atoms with Crippen LogP contribution in [0.5, 0.6) is 5.75 Å². The third-order valence-electron chi connectivity index (χ3n) is 6.18. The highest BCUT2D eigenvalue weighted by Crippen LogP contribution is 2.44. The predicted octanol–water partition coefficient (Wildman–Crippen LogP) is 3.06. The number of hydrogen-bond acceptors (Lipinski definition) is 6. The van der Waals surface area contributed by atoms with Crippen LogP contribution in [0, 0.1) is 19.8 Å². The summed E-state index contributed by atoms with van der Waals surface area (Å²) in [5, 5.41) is 0. The minimum absolute atomic E-state index is 0.0309. The summed E-state index contributed by atoms with van der Waals surface area (Å²) in [5.41, 5.74) is 12.2. The maximum absolute atomic E-state index is 6.62. The lowest BCUT2D eigenvalue weighted by Crippen LogP contribution is -2.55. The summed E-state index contributed by atoms with van der Waals surface area (Å²) in [7, 11) is 7.72. The molecule has 0 spiro atoms. The molecule has 2 aliphatic rings. The molecule has 0 radical (unpaired) electrons. The van der Waals surface area contributed by atoms with Crippen molar-refractivity contribution in [2.75, 3.05) is 47.9 Å². The molecule has 6 heteroatoms. The lowest BCUT2D eigenvalue weighted by atomic mass is 9.97. The molecule has 0 bridgehead atoms. The molecular formula is C23H38N4O2. The Bertz CT molecular complexity index is 757. The van der Waals surface area contributed by atoms with Crippen molar-refractivity contribution in [2.45, 2.75) is 46.0 Å². The van der Waals surface area contributed by atoms with Crippen LogP contribution in [0.25, 0.3) is 0 Å². The van der Waals surface area contributed by atoms with E-state index in [0.29, 0.717) is 0 Å². The molecule has 1 fully saturated rings. The zero-order valence-corrected chi connectivity index (χ0v) is 19.2. The van der Waals surface area contributed by atoms with E-state index < -0.39 is 0 Å². The summed E-state index contributed by atoms with van der Waals surface area (Å²) < 4.78 is 11.8. The molecule has 162 valence electrons. The summed E-state index contributed by atoms with van der Waals surface area (Å²) in [6.07, 6.45) is 2.38. The topological polar surface area (TPSA) is 54.2 Å². The fraction of sp³-hybridized carbons (Fsp3) is 0.652. The summed E-state index contributed by atoms with van der Waals surface area (Å²) in [5.74, 6) is 1.68. The van der Waals surface area contributed by atoms with Crippen LogP contribution >= 0.6 is 0 Å². The summed E-state index contributed by atoms with van der Waals surface area (Å²) in [4.78, 5) is 7.08. The first-order valence-corrected chi connectivity index (χ1v) is 10.6. The van der Waals surface area contributed by atoms with Gasteiger partial charge in [0, 0.05) is 38.0 Å². The maximum Gasteiger partial charge on any atom is 0.154 e. The monoisotopic (exact) mass is 402 g/mol. The smallest absolute Gasteiger partial charge is 0.154 e. The third kappa shape index (κ3) is 4.55. The molecular weight excluding hydrogens is 364 g/mol. The third-order valence-corrected chi connectivity index (χ3v) is 6.18. The standard InChI is InChI=1S/C23H38N4O2/c1-15-12-16(2)20(19(13-15)28-6)22-26(11-10-25(4)5)23(29-7)21(24)17(3)27(22)14-18-8-9-18/h12-13,18,22-23H,8-11,14,24H2,1-7H3. The van der Waals surface area contributed by atoms with Crippen molar-refractivity contribution in [2.24, 2.45) is 11.7 Å². The van der Waals surface area contributed by atoms with Crippen LogP contribution in [-0.2, 0) is 4.74 Å². The van der Waals surface area contributed by atoms with Crippen molar-refractivity contribution < 1.29 is 9.47 Å². The van der Waals surface area contributed by atoms with Gasteiger partial charge in [-0.25, -0.2) is 4.90 Å². The highest BCUT2D eigenvalue weighted by molar-refractivity contribution is 5.46. The molecule has 1 aliphatic carbocycles. The maximum atomic E-state index is 6.62. The van der Waals surface area contributed by atoms with Gasteiger partial charge in [-0.1, -0.05) is 6.07 Å². The van der Waals surface area contributed by atoms with Gasteiger partial charge in [-0.15, -0.1) is 0 Å². The van der Waals surface area contributed by atoms with Gasteiger partial charge in [0.15, 0.2) is 6.23 Å². The number of ether oxygens (including phenoxy) is 2. The number of likely N-dealkylation sites (N-methyl/N-ethyl adjacent to an activating group) is 1. The fourth-order valence-electron chi connectivity index (χ4n) is 4.41. The Morgan fingerprint density at radius 1 is 1.14 bits per heavy atom. The highest BCUT2D eigenvalue weighted by atomic mass is 16.5. The van der Waals surface area contributed by atoms with Crippen molar-refractivity contribution in [3.8, 4) is 5.75 Å². The average Bonchev–Trinajstić information content (AvgIpc) is 3.48. The number of benzene rings is 1. The molecule has 2 atom stereocenters. The van der Waals surface area contributed by atoms with Crippen LogP contribution in [0.1, 0.15) is 42.6 Å². The fourth-order valence-corrected chi connectivity index (χ4v) is 4.41. The molecule has 1 aliphatic heterocycles. The second-order valence-corrected chi connectivity index (χ2v) is 8.84. The van der Waals surface area contributed by atoms with E-state index in [2.05, 4.69) is 61.7 Å². The van der Waals surface area contributed by atoms with E-state index in [0.717, 1.165) is 42.7 Å². The van der Waals surface area contributed by atoms with Gasteiger partial charge < -0.3 is 25.0 Å². The Balaban J connectivity index is 2.15. The van der Waals surface area contributed by atoms with E-state index >= 15 is 0 Å². The lowest BCUT2D eigenvalue weighted by molar-refractivity contribution is -0.0930. The summed E-state index contributed by atoms with van der Waals surface area (Å²) in [6.45, 7) is 9.23. The number of allylic oxidation sites excluding steroid dienone is 1. The molecule has 0 saturated heterocycles. The van der Waals surface area contributed by atoms with Crippen molar-refractivity contribution in [3.05, 3.63) is 40.2 Å². The zero-order chi connectivity index (χ0) is 21.3. The number of rotatable bonds is 8. The Morgan fingerprint density at radius 3 is 2.38 bits per heavy atom. The largest absolute Gasteiger partial charge is 0.496 e. The number of nitrogens with two attached hydrogens (primary N) is 1. The summed E-state index contributed by atoms with van der Waals surface area (Å²) >= 11 is 0. The van der Waals surface area contributed by atoms with Crippen molar-refractivity contribution in [1.29, 1.82) is 0 Å². The number of methoxy groups -OCH3 is 2. The minimum Gasteiger partial charge on any atom is -0.496 e. The number of nitrogens with zero attached hydrogens (tertiary/aromatic N) is 3. The van der Waals surface area contributed by atoms with Crippen LogP contribution < -0.4 is 10.5 Å². The first-order valence-electron chi connectivity index (χ1n) is 10.6. The molecule has 29 heavy (non-hydrogen) atoms. The molecule has 1 aromatic carbocycles. The molecule has 2 N–H and O–H groups in total. The van der Waals surface area contributed by atoms with Gasteiger partial charge >= 0.3 is 0 Å². The Morgan fingerprint density at radius 2 is 1.83 bits per heavy atom. The molecule has 3 rings (SSSR count). The number of hydrogen-bond donors (Lipinski definition) is 1. The van der Waals surface area contributed by atoms with E-state index in [9.17, 15) is 0 Å². The van der Waals surface area contributed by atoms with Crippen LogP contribution in [-0.4, -0.2) is 68.9 Å². The van der Waals surface area contributed by atoms with E-state index in [1.165, 1.54) is 29.5 Å². The Hall–Kier alpha value is -1.76. The molecule has 1 saturated carbocycles. The van der Waals surface area contributed by atoms with Crippen LogP contribution in [0.15, 0.2) is 23.5 Å². The van der Waals surface area contributed by atoms with Crippen LogP contribution in [0.3, 0.4) is 0 Å². The van der Waals surface area contributed by atoms with Gasteiger partial charge in [0.05, 0.1) is 12.8 Å².